The number of hydrogen-bond donors (Lipinski definition) is 2. The molecule has 0 fully saturated rings. The lowest BCUT2D eigenvalue weighted by Crippen LogP contribution is -2.15. The average molecular weight is 331 g/mol. The number of para-hydroxylation sites is 2. The van der Waals surface area contributed by atoms with E-state index >= 15 is 0 Å². The first-order valence-corrected chi connectivity index (χ1v) is 8.35. The Labute approximate surface area is 147 Å². The Morgan fingerprint density at radius 3 is 2.48 bits per heavy atom. The van der Waals surface area contributed by atoms with Gasteiger partial charge in [-0.3, -0.25) is 9.78 Å². The van der Waals surface area contributed by atoms with Gasteiger partial charge in [0.15, 0.2) is 0 Å². The monoisotopic (exact) mass is 331 g/mol. The highest BCUT2D eigenvalue weighted by Gasteiger charge is 2.10. The number of hydrogen-bond acceptors (Lipinski definition) is 3. The van der Waals surface area contributed by atoms with Crippen LogP contribution >= 0.6 is 0 Å². The van der Waals surface area contributed by atoms with Crippen LogP contribution in [0.25, 0.3) is 0 Å². The van der Waals surface area contributed by atoms with Crippen molar-refractivity contribution in [3.8, 4) is 0 Å². The largest absolute Gasteiger partial charge is 0.355 e. The summed E-state index contributed by atoms with van der Waals surface area (Å²) >= 11 is 0. The van der Waals surface area contributed by atoms with Crippen molar-refractivity contribution >= 4 is 23.0 Å². The fourth-order valence-corrected chi connectivity index (χ4v) is 2.64. The zero-order chi connectivity index (χ0) is 17.6. The van der Waals surface area contributed by atoms with Crippen LogP contribution in [0.1, 0.15) is 28.5 Å². The highest BCUT2D eigenvalue weighted by Crippen LogP contribution is 2.21. The fraction of sp³-hybridized carbons (Fsp3) is 0.143. The second-order valence-corrected chi connectivity index (χ2v) is 5.83. The zero-order valence-electron chi connectivity index (χ0n) is 14.4. The summed E-state index contributed by atoms with van der Waals surface area (Å²) in [6, 6.07) is 19.4. The first kappa shape index (κ1) is 16.7. The summed E-state index contributed by atoms with van der Waals surface area (Å²) in [6.07, 6.45) is 2.50. The molecule has 3 aromatic rings. The lowest BCUT2D eigenvalue weighted by molar-refractivity contribution is 0.102. The molecule has 4 heteroatoms. The van der Waals surface area contributed by atoms with Crippen LogP contribution in [-0.4, -0.2) is 10.9 Å². The van der Waals surface area contributed by atoms with Crippen molar-refractivity contribution < 1.29 is 4.79 Å². The van der Waals surface area contributed by atoms with E-state index in [9.17, 15) is 4.79 Å². The van der Waals surface area contributed by atoms with Gasteiger partial charge in [-0.15, -0.1) is 0 Å². The summed E-state index contributed by atoms with van der Waals surface area (Å²) in [5, 5.41) is 6.28. The molecule has 2 aromatic carbocycles. The molecule has 3 rings (SSSR count). The van der Waals surface area contributed by atoms with E-state index in [2.05, 4.69) is 22.5 Å². The van der Waals surface area contributed by atoms with Gasteiger partial charge in [0.1, 0.15) is 5.69 Å². The van der Waals surface area contributed by atoms with Gasteiger partial charge in [-0.2, -0.15) is 0 Å². The van der Waals surface area contributed by atoms with E-state index in [-0.39, 0.29) is 5.91 Å². The van der Waals surface area contributed by atoms with Gasteiger partial charge in [-0.25, -0.2) is 0 Å². The molecule has 0 bridgehead atoms. The second kappa shape index (κ2) is 7.62. The molecule has 0 saturated heterocycles. The van der Waals surface area contributed by atoms with E-state index in [1.165, 1.54) is 0 Å². The van der Waals surface area contributed by atoms with Gasteiger partial charge in [0.2, 0.25) is 0 Å². The predicted octanol–water partition coefficient (Wildman–Crippen LogP) is 4.95. The summed E-state index contributed by atoms with van der Waals surface area (Å²) in [5.74, 6) is -0.214. The molecule has 0 saturated carbocycles. The number of anilines is 3. The van der Waals surface area contributed by atoms with Crippen LogP contribution in [0.4, 0.5) is 17.1 Å². The molecule has 2 N–H and O–H groups in total. The van der Waals surface area contributed by atoms with Gasteiger partial charge in [0, 0.05) is 23.3 Å². The number of carbonyl (C=O) groups excluding carboxylic acids is 1. The van der Waals surface area contributed by atoms with Gasteiger partial charge in [-0.05, 0) is 48.7 Å². The summed E-state index contributed by atoms with van der Waals surface area (Å²) in [4.78, 5) is 16.8. The zero-order valence-corrected chi connectivity index (χ0v) is 14.4. The third-order valence-corrected chi connectivity index (χ3v) is 4.06. The Morgan fingerprint density at radius 2 is 1.72 bits per heavy atom. The molecule has 0 unspecified atom stereocenters. The number of amides is 1. The van der Waals surface area contributed by atoms with Gasteiger partial charge >= 0.3 is 0 Å². The van der Waals surface area contributed by atoms with Gasteiger partial charge in [-0.1, -0.05) is 43.3 Å². The van der Waals surface area contributed by atoms with Crippen LogP contribution in [0.15, 0.2) is 66.9 Å². The van der Waals surface area contributed by atoms with Crippen LogP contribution in [0.5, 0.6) is 0 Å². The van der Waals surface area contributed by atoms with E-state index in [4.69, 9.17) is 0 Å². The lowest BCUT2D eigenvalue weighted by atomic mass is 10.1. The van der Waals surface area contributed by atoms with E-state index < -0.39 is 0 Å². The number of carbonyl (C=O) groups is 1. The number of rotatable bonds is 5. The molecule has 0 radical (unpaired) electrons. The minimum atomic E-state index is -0.214. The van der Waals surface area contributed by atoms with Gasteiger partial charge in [0.05, 0.1) is 0 Å². The molecule has 1 amide bonds. The number of nitrogens with zero attached hydrogens (tertiary/aromatic N) is 1. The molecule has 4 nitrogen and oxygen atoms in total. The van der Waals surface area contributed by atoms with Crippen LogP contribution < -0.4 is 10.6 Å². The van der Waals surface area contributed by atoms with Gasteiger partial charge < -0.3 is 10.6 Å². The first-order chi connectivity index (χ1) is 12.2. The normalized spacial score (nSPS) is 10.3. The Balaban J connectivity index is 1.79. The van der Waals surface area contributed by atoms with Crippen molar-refractivity contribution in [2.75, 3.05) is 10.6 Å². The van der Waals surface area contributed by atoms with Crippen molar-refractivity contribution in [1.82, 2.24) is 4.98 Å². The Kier molecular flexibility index (Phi) is 5.09. The minimum Gasteiger partial charge on any atom is -0.355 e. The van der Waals surface area contributed by atoms with Crippen LogP contribution in [0, 0.1) is 6.92 Å². The van der Waals surface area contributed by atoms with Crippen molar-refractivity contribution in [3.05, 3.63) is 83.7 Å². The predicted molar refractivity (Wildman–Crippen MR) is 102 cm³/mol. The van der Waals surface area contributed by atoms with E-state index in [0.29, 0.717) is 5.69 Å². The Morgan fingerprint density at radius 1 is 1.00 bits per heavy atom. The number of pyridine rings is 1. The maximum atomic E-state index is 12.6. The Hall–Kier alpha value is -3.14. The quantitative estimate of drug-likeness (QED) is 0.695. The molecule has 126 valence electrons. The van der Waals surface area contributed by atoms with Crippen LogP contribution in [0.2, 0.25) is 0 Å². The standard InChI is InChI=1S/C21H21N3O/c1-3-16-9-5-7-11-19(16)24-21(25)20-14-17(12-13-22-20)23-18-10-6-4-8-15(18)2/h4-14H,3H2,1-2H3,(H,22,23)(H,24,25). The minimum absolute atomic E-state index is 0.214. The SMILES string of the molecule is CCc1ccccc1NC(=O)c1cc(Nc2ccccc2C)ccn1. The maximum absolute atomic E-state index is 12.6. The van der Waals surface area contributed by atoms with Crippen LogP contribution in [-0.2, 0) is 6.42 Å². The summed E-state index contributed by atoms with van der Waals surface area (Å²) < 4.78 is 0. The molecule has 1 aromatic heterocycles. The third-order valence-electron chi connectivity index (χ3n) is 4.06. The third kappa shape index (κ3) is 4.04. The molecule has 0 atom stereocenters. The smallest absolute Gasteiger partial charge is 0.274 e. The molecule has 1 heterocycles. The van der Waals surface area contributed by atoms with E-state index in [0.717, 1.165) is 34.6 Å². The summed E-state index contributed by atoms with van der Waals surface area (Å²) in [7, 11) is 0. The molecule has 0 aliphatic heterocycles. The Bertz CT molecular complexity index is 890. The van der Waals surface area contributed by atoms with E-state index in [1.807, 2.05) is 61.5 Å². The number of benzene rings is 2. The topological polar surface area (TPSA) is 54.0 Å². The highest BCUT2D eigenvalue weighted by molar-refractivity contribution is 6.03. The molecular weight excluding hydrogens is 310 g/mol. The van der Waals surface area contributed by atoms with E-state index in [1.54, 1.807) is 12.3 Å². The summed E-state index contributed by atoms with van der Waals surface area (Å²) in [5.41, 5.74) is 5.29. The first-order valence-electron chi connectivity index (χ1n) is 8.35. The molecule has 0 spiro atoms. The van der Waals surface area contributed by atoms with Crippen molar-refractivity contribution in [3.63, 3.8) is 0 Å². The highest BCUT2D eigenvalue weighted by atomic mass is 16.1. The fourth-order valence-electron chi connectivity index (χ4n) is 2.64. The van der Waals surface area contributed by atoms with Crippen molar-refractivity contribution in [2.45, 2.75) is 20.3 Å². The molecular formula is C21H21N3O. The van der Waals surface area contributed by atoms with Crippen LogP contribution in [0.3, 0.4) is 0 Å². The molecule has 0 aliphatic carbocycles. The van der Waals surface area contributed by atoms with Gasteiger partial charge in [0.25, 0.3) is 5.91 Å². The lowest BCUT2D eigenvalue weighted by Gasteiger charge is -2.11. The second-order valence-electron chi connectivity index (χ2n) is 5.83. The average Bonchev–Trinajstić information content (AvgIpc) is 2.64. The maximum Gasteiger partial charge on any atom is 0.274 e. The summed E-state index contributed by atoms with van der Waals surface area (Å²) in [6.45, 7) is 4.11. The number of nitrogens with one attached hydrogen (secondary N) is 2. The molecule has 25 heavy (non-hydrogen) atoms. The number of aromatic nitrogens is 1. The van der Waals surface area contributed by atoms with Crippen molar-refractivity contribution in [2.24, 2.45) is 0 Å². The molecule has 0 aliphatic rings. The van der Waals surface area contributed by atoms with Crippen molar-refractivity contribution in [1.29, 1.82) is 0 Å². The number of aryl methyl sites for hydroxylation is 2.